The third-order valence-corrected chi connectivity index (χ3v) is 3.75. The van der Waals surface area contributed by atoms with E-state index in [0.717, 1.165) is 19.5 Å². The Hall–Kier alpha value is -1.02. The first-order valence-corrected chi connectivity index (χ1v) is 6.28. The topological polar surface area (TPSA) is 15.3 Å². The molecule has 0 aliphatic carbocycles. The Morgan fingerprint density at radius 1 is 1.44 bits per heavy atom. The van der Waals surface area contributed by atoms with E-state index in [1.165, 1.54) is 23.2 Å². The molecule has 0 fully saturated rings. The van der Waals surface area contributed by atoms with Gasteiger partial charge in [-0.1, -0.05) is 19.1 Å². The fraction of sp³-hybridized carbons (Fsp3) is 0.571. The Morgan fingerprint density at radius 3 is 3.00 bits per heavy atom. The van der Waals surface area contributed by atoms with E-state index < -0.39 is 0 Å². The molecule has 1 aromatic rings. The monoisotopic (exact) mass is 218 g/mol. The number of fused-ring (bicyclic) bond motifs is 1. The third kappa shape index (κ3) is 2.07. The van der Waals surface area contributed by atoms with Crippen molar-refractivity contribution in [3.05, 3.63) is 29.3 Å². The summed E-state index contributed by atoms with van der Waals surface area (Å²) in [6.07, 6.45) is 2.35. The summed E-state index contributed by atoms with van der Waals surface area (Å²) in [5.41, 5.74) is 4.42. The van der Waals surface area contributed by atoms with E-state index in [1.807, 2.05) is 0 Å². The molecule has 2 rings (SSSR count). The normalized spacial score (nSPS) is 16.7. The SMILES string of the molecule is CCC(C)N(C)c1cccc2c1CNCC2. The molecule has 1 unspecified atom stereocenters. The summed E-state index contributed by atoms with van der Waals surface area (Å²) in [4.78, 5) is 2.41. The fourth-order valence-corrected chi connectivity index (χ4v) is 2.34. The Balaban J connectivity index is 2.33. The van der Waals surface area contributed by atoms with Gasteiger partial charge in [-0.05, 0) is 43.5 Å². The number of hydrogen-bond donors (Lipinski definition) is 1. The summed E-state index contributed by atoms with van der Waals surface area (Å²) >= 11 is 0. The van der Waals surface area contributed by atoms with Gasteiger partial charge in [0.15, 0.2) is 0 Å². The van der Waals surface area contributed by atoms with Crippen molar-refractivity contribution >= 4 is 5.69 Å². The highest BCUT2D eigenvalue weighted by atomic mass is 15.1. The van der Waals surface area contributed by atoms with Gasteiger partial charge in [0.1, 0.15) is 0 Å². The van der Waals surface area contributed by atoms with Crippen LogP contribution in [0.3, 0.4) is 0 Å². The number of hydrogen-bond acceptors (Lipinski definition) is 2. The van der Waals surface area contributed by atoms with Crippen LogP contribution in [-0.2, 0) is 13.0 Å². The number of nitrogens with one attached hydrogen (secondary N) is 1. The summed E-state index contributed by atoms with van der Waals surface area (Å²) in [6, 6.07) is 7.31. The van der Waals surface area contributed by atoms with Crippen molar-refractivity contribution in [2.75, 3.05) is 18.5 Å². The lowest BCUT2D eigenvalue weighted by Gasteiger charge is -2.31. The average molecular weight is 218 g/mol. The molecule has 1 aliphatic heterocycles. The van der Waals surface area contributed by atoms with Crippen LogP contribution in [0.2, 0.25) is 0 Å². The van der Waals surface area contributed by atoms with Crippen molar-refractivity contribution in [2.24, 2.45) is 0 Å². The van der Waals surface area contributed by atoms with Crippen molar-refractivity contribution in [1.82, 2.24) is 5.32 Å². The summed E-state index contributed by atoms with van der Waals surface area (Å²) in [5.74, 6) is 0. The lowest BCUT2D eigenvalue weighted by molar-refractivity contribution is 0.626. The average Bonchev–Trinajstić information content (AvgIpc) is 2.36. The molecule has 1 atom stereocenters. The van der Waals surface area contributed by atoms with Gasteiger partial charge in [0.2, 0.25) is 0 Å². The predicted molar refractivity (Wildman–Crippen MR) is 70.0 cm³/mol. The smallest absolute Gasteiger partial charge is 0.0414 e. The molecule has 0 saturated carbocycles. The molecule has 2 nitrogen and oxygen atoms in total. The summed E-state index contributed by atoms with van der Waals surface area (Å²) in [6.45, 7) is 6.67. The largest absolute Gasteiger partial charge is 0.372 e. The summed E-state index contributed by atoms with van der Waals surface area (Å²) in [7, 11) is 2.21. The van der Waals surface area contributed by atoms with Gasteiger partial charge >= 0.3 is 0 Å². The molecule has 88 valence electrons. The highest BCUT2D eigenvalue weighted by Gasteiger charge is 2.16. The van der Waals surface area contributed by atoms with Crippen LogP contribution >= 0.6 is 0 Å². The zero-order valence-electron chi connectivity index (χ0n) is 10.6. The maximum atomic E-state index is 3.47. The number of rotatable bonds is 3. The zero-order valence-corrected chi connectivity index (χ0v) is 10.6. The molecule has 1 heterocycles. The van der Waals surface area contributed by atoms with E-state index in [4.69, 9.17) is 0 Å². The summed E-state index contributed by atoms with van der Waals surface area (Å²) in [5, 5.41) is 3.47. The van der Waals surface area contributed by atoms with Gasteiger partial charge in [-0.15, -0.1) is 0 Å². The maximum absolute atomic E-state index is 3.47. The minimum Gasteiger partial charge on any atom is -0.372 e. The first-order valence-electron chi connectivity index (χ1n) is 6.28. The Kier molecular flexibility index (Phi) is 3.49. The second kappa shape index (κ2) is 4.88. The van der Waals surface area contributed by atoms with Gasteiger partial charge in [-0.2, -0.15) is 0 Å². The number of nitrogens with zero attached hydrogens (tertiary/aromatic N) is 1. The lowest BCUT2D eigenvalue weighted by atomic mass is 9.98. The van der Waals surface area contributed by atoms with Crippen LogP contribution < -0.4 is 10.2 Å². The minimum absolute atomic E-state index is 0.605. The van der Waals surface area contributed by atoms with E-state index in [9.17, 15) is 0 Å². The second-order valence-corrected chi connectivity index (χ2v) is 4.71. The predicted octanol–water partition coefficient (Wildman–Crippen LogP) is 2.57. The minimum atomic E-state index is 0.605. The third-order valence-electron chi connectivity index (χ3n) is 3.75. The molecule has 1 aromatic carbocycles. The standard InChI is InChI=1S/C14H22N2/c1-4-11(2)16(3)14-7-5-6-12-8-9-15-10-13(12)14/h5-7,11,15H,4,8-10H2,1-3H3. The second-order valence-electron chi connectivity index (χ2n) is 4.71. The van der Waals surface area contributed by atoms with Crippen molar-refractivity contribution in [1.29, 1.82) is 0 Å². The van der Waals surface area contributed by atoms with Crippen molar-refractivity contribution in [3.63, 3.8) is 0 Å². The van der Waals surface area contributed by atoms with E-state index in [-0.39, 0.29) is 0 Å². The Bertz CT molecular complexity index is 360. The Labute approximate surface area is 98.7 Å². The van der Waals surface area contributed by atoms with E-state index in [2.05, 4.69) is 49.3 Å². The highest BCUT2D eigenvalue weighted by molar-refractivity contribution is 5.57. The molecule has 2 heteroatoms. The van der Waals surface area contributed by atoms with Gasteiger partial charge in [-0.3, -0.25) is 0 Å². The van der Waals surface area contributed by atoms with E-state index in [1.54, 1.807) is 0 Å². The molecule has 1 aliphatic rings. The lowest BCUT2D eigenvalue weighted by Crippen LogP contribution is -2.32. The zero-order chi connectivity index (χ0) is 11.5. The fourth-order valence-electron chi connectivity index (χ4n) is 2.34. The van der Waals surface area contributed by atoms with Gasteiger partial charge < -0.3 is 10.2 Å². The molecule has 0 spiro atoms. The van der Waals surface area contributed by atoms with Crippen molar-refractivity contribution in [3.8, 4) is 0 Å². The number of anilines is 1. The molecule has 0 saturated heterocycles. The van der Waals surface area contributed by atoms with Crippen molar-refractivity contribution < 1.29 is 0 Å². The summed E-state index contributed by atoms with van der Waals surface area (Å²) < 4.78 is 0. The molecule has 0 aromatic heterocycles. The van der Waals surface area contributed by atoms with Crippen LogP contribution in [0.25, 0.3) is 0 Å². The molecule has 16 heavy (non-hydrogen) atoms. The first-order chi connectivity index (χ1) is 7.74. The van der Waals surface area contributed by atoms with Crippen LogP contribution in [-0.4, -0.2) is 19.6 Å². The number of benzene rings is 1. The molecule has 0 radical (unpaired) electrons. The van der Waals surface area contributed by atoms with Crippen LogP contribution in [0.1, 0.15) is 31.4 Å². The molecule has 0 amide bonds. The van der Waals surface area contributed by atoms with Gasteiger partial charge in [0, 0.05) is 25.3 Å². The van der Waals surface area contributed by atoms with Crippen LogP contribution in [0.15, 0.2) is 18.2 Å². The van der Waals surface area contributed by atoms with Gasteiger partial charge in [0.05, 0.1) is 0 Å². The Morgan fingerprint density at radius 2 is 2.25 bits per heavy atom. The molecule has 1 N–H and O–H groups in total. The van der Waals surface area contributed by atoms with Crippen LogP contribution in [0, 0.1) is 0 Å². The van der Waals surface area contributed by atoms with E-state index >= 15 is 0 Å². The van der Waals surface area contributed by atoms with Gasteiger partial charge in [-0.25, -0.2) is 0 Å². The first kappa shape index (κ1) is 11.5. The van der Waals surface area contributed by atoms with Gasteiger partial charge in [0.25, 0.3) is 0 Å². The quantitative estimate of drug-likeness (QED) is 0.839. The molecule has 0 bridgehead atoms. The molecular formula is C14H22N2. The maximum Gasteiger partial charge on any atom is 0.0414 e. The van der Waals surface area contributed by atoms with E-state index in [0.29, 0.717) is 6.04 Å². The van der Waals surface area contributed by atoms with Crippen LogP contribution in [0.4, 0.5) is 5.69 Å². The van der Waals surface area contributed by atoms with Crippen LogP contribution in [0.5, 0.6) is 0 Å². The molecular weight excluding hydrogens is 196 g/mol. The highest BCUT2D eigenvalue weighted by Crippen LogP contribution is 2.27. The van der Waals surface area contributed by atoms with Crippen molar-refractivity contribution in [2.45, 2.75) is 39.3 Å².